The number of hydrogen-bond donors (Lipinski definition) is 1. The zero-order valence-corrected chi connectivity index (χ0v) is 21.0. The van der Waals surface area contributed by atoms with E-state index < -0.39 is 0 Å². The van der Waals surface area contributed by atoms with Gasteiger partial charge in [0.15, 0.2) is 0 Å². The third-order valence-corrected chi connectivity index (χ3v) is 6.89. The van der Waals surface area contributed by atoms with Gasteiger partial charge in [-0.25, -0.2) is 4.79 Å². The summed E-state index contributed by atoms with van der Waals surface area (Å²) in [5, 5.41) is 17.0. The molecule has 2 aliphatic rings. The van der Waals surface area contributed by atoms with Crippen molar-refractivity contribution >= 4 is 6.03 Å². The molecule has 2 heterocycles. The van der Waals surface area contributed by atoms with Crippen LogP contribution < -0.4 is 10.1 Å². The largest absolute Gasteiger partial charge is 0.490 e. The molecule has 2 amide bonds. The number of ether oxygens (including phenoxy) is 1. The molecule has 0 unspecified atom stereocenters. The summed E-state index contributed by atoms with van der Waals surface area (Å²) in [5.74, 6) is 1.92. The van der Waals surface area contributed by atoms with Crippen LogP contribution in [0.1, 0.15) is 62.8 Å². The SMILES string of the molecule is CC(C)Oc1ccc(-c2nc(-c3cccc4c3CC[C@@H]4NC(=O)N3CCC[C@H](C)C3)no2)cc1C#N. The zero-order valence-electron chi connectivity index (χ0n) is 21.0. The number of likely N-dealkylation sites (tertiary alicyclic amines) is 1. The maximum absolute atomic E-state index is 12.9. The second-order valence-electron chi connectivity index (χ2n) is 10.0. The van der Waals surface area contributed by atoms with Crippen molar-refractivity contribution in [3.8, 4) is 34.7 Å². The molecule has 0 radical (unpaired) electrons. The van der Waals surface area contributed by atoms with Gasteiger partial charge < -0.3 is 19.5 Å². The van der Waals surface area contributed by atoms with Gasteiger partial charge in [-0.2, -0.15) is 10.2 Å². The number of nitriles is 1. The maximum Gasteiger partial charge on any atom is 0.317 e. The van der Waals surface area contributed by atoms with E-state index in [2.05, 4.69) is 34.5 Å². The Hall–Kier alpha value is -3.86. The number of aromatic nitrogens is 2. The van der Waals surface area contributed by atoms with Crippen molar-refractivity contribution in [3.05, 3.63) is 53.1 Å². The number of hydrogen-bond acceptors (Lipinski definition) is 6. The van der Waals surface area contributed by atoms with E-state index in [-0.39, 0.29) is 18.2 Å². The van der Waals surface area contributed by atoms with Crippen LogP contribution in [0.4, 0.5) is 4.79 Å². The molecule has 5 rings (SSSR count). The van der Waals surface area contributed by atoms with E-state index in [0.717, 1.165) is 49.0 Å². The standard InChI is InChI=1S/C28H31N5O3/c1-17(2)35-25-12-9-19(14-20(25)15-29)27-31-26(32-36-27)23-8-4-7-22-21(23)10-11-24(22)30-28(34)33-13-5-6-18(3)16-33/h4,7-9,12,14,17-18,24H,5-6,10-11,13,16H2,1-3H3,(H,30,34)/t18-,24-/m0/s1. The molecule has 8 nitrogen and oxygen atoms in total. The molecule has 0 saturated carbocycles. The topological polar surface area (TPSA) is 104 Å². The van der Waals surface area contributed by atoms with Gasteiger partial charge in [-0.1, -0.05) is 30.3 Å². The van der Waals surface area contributed by atoms with Gasteiger partial charge in [-0.15, -0.1) is 0 Å². The third-order valence-electron chi connectivity index (χ3n) is 6.89. The van der Waals surface area contributed by atoms with Crippen LogP contribution >= 0.6 is 0 Å². The number of urea groups is 1. The number of rotatable bonds is 5. The molecule has 8 heteroatoms. The lowest BCUT2D eigenvalue weighted by Crippen LogP contribution is -2.45. The van der Waals surface area contributed by atoms with Gasteiger partial charge in [-0.05, 0) is 74.8 Å². The molecule has 1 aromatic heterocycles. The maximum atomic E-state index is 12.9. The Morgan fingerprint density at radius 2 is 2.14 bits per heavy atom. The van der Waals surface area contributed by atoms with E-state index in [1.165, 1.54) is 6.42 Å². The average Bonchev–Trinajstić information content (AvgIpc) is 3.52. The second-order valence-corrected chi connectivity index (χ2v) is 10.0. The minimum absolute atomic E-state index is 0.0184. The molecule has 1 aliphatic carbocycles. The Labute approximate surface area is 211 Å². The molecule has 3 aromatic rings. The smallest absolute Gasteiger partial charge is 0.317 e. The highest BCUT2D eigenvalue weighted by Crippen LogP contribution is 2.38. The Bertz CT molecular complexity index is 1310. The van der Waals surface area contributed by atoms with E-state index in [0.29, 0.717) is 34.5 Å². The monoisotopic (exact) mass is 485 g/mol. The molecule has 2 aromatic carbocycles. The Morgan fingerprint density at radius 3 is 2.92 bits per heavy atom. The summed E-state index contributed by atoms with van der Waals surface area (Å²) in [6.45, 7) is 7.67. The van der Waals surface area contributed by atoms with Gasteiger partial charge in [0.1, 0.15) is 11.8 Å². The summed E-state index contributed by atoms with van der Waals surface area (Å²) >= 11 is 0. The number of nitrogens with zero attached hydrogens (tertiary/aromatic N) is 4. The van der Waals surface area contributed by atoms with E-state index in [9.17, 15) is 10.1 Å². The molecule has 2 atom stereocenters. The number of fused-ring (bicyclic) bond motifs is 1. The highest BCUT2D eigenvalue weighted by atomic mass is 16.5. The fraction of sp³-hybridized carbons (Fsp3) is 0.429. The van der Waals surface area contributed by atoms with E-state index in [4.69, 9.17) is 9.26 Å². The molecule has 0 spiro atoms. The van der Waals surface area contributed by atoms with Gasteiger partial charge in [0.2, 0.25) is 5.82 Å². The molecule has 1 saturated heterocycles. The number of carbonyl (C=O) groups is 1. The third kappa shape index (κ3) is 4.78. The van der Waals surface area contributed by atoms with E-state index in [1.54, 1.807) is 12.1 Å². The van der Waals surface area contributed by atoms with Crippen LogP contribution in [0.5, 0.6) is 5.75 Å². The Morgan fingerprint density at radius 1 is 1.28 bits per heavy atom. The zero-order chi connectivity index (χ0) is 25.2. The van der Waals surface area contributed by atoms with Crippen LogP contribution in [0, 0.1) is 17.2 Å². The molecule has 186 valence electrons. The number of piperidine rings is 1. The minimum Gasteiger partial charge on any atom is -0.490 e. The first-order valence-electron chi connectivity index (χ1n) is 12.7. The van der Waals surface area contributed by atoms with E-state index in [1.807, 2.05) is 36.9 Å². The van der Waals surface area contributed by atoms with Gasteiger partial charge >= 0.3 is 6.03 Å². The van der Waals surface area contributed by atoms with Crippen LogP contribution in [0.15, 0.2) is 40.9 Å². The normalized spacial score (nSPS) is 19.1. The number of benzene rings is 2. The van der Waals surface area contributed by atoms with Crippen molar-refractivity contribution < 1.29 is 14.1 Å². The first kappa shape index (κ1) is 23.9. The van der Waals surface area contributed by atoms with Crippen molar-refractivity contribution in [1.29, 1.82) is 5.26 Å². The highest BCUT2D eigenvalue weighted by molar-refractivity contribution is 5.76. The predicted molar refractivity (Wildman–Crippen MR) is 135 cm³/mol. The van der Waals surface area contributed by atoms with Crippen molar-refractivity contribution in [2.45, 2.75) is 58.6 Å². The molecular formula is C28H31N5O3. The van der Waals surface area contributed by atoms with Crippen LogP contribution in [-0.2, 0) is 6.42 Å². The minimum atomic E-state index is -0.0323. The lowest BCUT2D eigenvalue weighted by Gasteiger charge is -2.32. The summed E-state index contributed by atoms with van der Waals surface area (Å²) in [5.41, 5.74) is 4.24. The van der Waals surface area contributed by atoms with Crippen LogP contribution in [0.25, 0.3) is 22.8 Å². The Kier molecular flexibility index (Phi) is 6.64. The van der Waals surface area contributed by atoms with Gasteiger partial charge in [0, 0.05) is 24.2 Å². The van der Waals surface area contributed by atoms with Crippen molar-refractivity contribution in [2.24, 2.45) is 5.92 Å². The summed E-state index contributed by atoms with van der Waals surface area (Å²) in [7, 11) is 0. The first-order chi connectivity index (χ1) is 17.4. The molecule has 0 bridgehead atoms. The van der Waals surface area contributed by atoms with Crippen molar-refractivity contribution in [3.63, 3.8) is 0 Å². The summed E-state index contributed by atoms with van der Waals surface area (Å²) in [6, 6.07) is 13.5. The summed E-state index contributed by atoms with van der Waals surface area (Å²) in [6.07, 6.45) is 3.88. The molecule has 1 aliphatic heterocycles. The van der Waals surface area contributed by atoms with Crippen molar-refractivity contribution in [2.75, 3.05) is 13.1 Å². The highest BCUT2D eigenvalue weighted by Gasteiger charge is 2.30. The average molecular weight is 486 g/mol. The number of carbonyl (C=O) groups excluding carboxylic acids is 1. The lowest BCUT2D eigenvalue weighted by molar-refractivity contribution is 0.166. The first-order valence-corrected chi connectivity index (χ1v) is 12.7. The van der Waals surface area contributed by atoms with E-state index >= 15 is 0 Å². The second kappa shape index (κ2) is 10.0. The van der Waals surface area contributed by atoms with Crippen LogP contribution in [-0.4, -0.2) is 40.3 Å². The van der Waals surface area contributed by atoms with Gasteiger partial charge in [-0.3, -0.25) is 0 Å². The Balaban J connectivity index is 1.36. The lowest BCUT2D eigenvalue weighted by atomic mass is 10.0. The molecule has 1 N–H and O–H groups in total. The number of amides is 2. The van der Waals surface area contributed by atoms with Gasteiger partial charge in [0.25, 0.3) is 5.89 Å². The predicted octanol–water partition coefficient (Wildman–Crippen LogP) is 5.49. The van der Waals surface area contributed by atoms with Crippen LogP contribution in [0.2, 0.25) is 0 Å². The van der Waals surface area contributed by atoms with Gasteiger partial charge in [0.05, 0.1) is 17.7 Å². The van der Waals surface area contributed by atoms with Crippen molar-refractivity contribution in [1.82, 2.24) is 20.4 Å². The number of nitrogens with one attached hydrogen (secondary N) is 1. The molecule has 36 heavy (non-hydrogen) atoms. The molecule has 1 fully saturated rings. The summed E-state index contributed by atoms with van der Waals surface area (Å²) < 4.78 is 11.3. The fourth-order valence-electron chi connectivity index (χ4n) is 5.19. The quantitative estimate of drug-likeness (QED) is 0.512. The fourth-order valence-corrected chi connectivity index (χ4v) is 5.19. The summed E-state index contributed by atoms with van der Waals surface area (Å²) in [4.78, 5) is 19.5. The van der Waals surface area contributed by atoms with Crippen LogP contribution in [0.3, 0.4) is 0 Å². The molecular weight excluding hydrogens is 454 g/mol.